The SMILES string of the molecule is O=c1cc(N2Cc3ccc(O)cc3C2)oc2c(Cl)cccc12. The predicted octanol–water partition coefficient (Wildman–Crippen LogP) is 3.67. The lowest BCUT2D eigenvalue weighted by Crippen LogP contribution is -2.16. The number of hydrogen-bond acceptors (Lipinski definition) is 4. The third-order valence-corrected chi connectivity index (χ3v) is 4.22. The fourth-order valence-corrected chi connectivity index (χ4v) is 3.04. The smallest absolute Gasteiger partial charge is 0.200 e. The van der Waals surface area contributed by atoms with Crippen molar-refractivity contribution in [3.05, 3.63) is 68.8 Å². The Morgan fingerprint density at radius 3 is 2.77 bits per heavy atom. The molecule has 1 aromatic heterocycles. The molecule has 3 aromatic rings. The number of fused-ring (bicyclic) bond motifs is 2. The highest BCUT2D eigenvalue weighted by atomic mass is 35.5. The second-order valence-corrected chi connectivity index (χ2v) is 5.78. The largest absolute Gasteiger partial charge is 0.508 e. The van der Waals surface area contributed by atoms with Crippen LogP contribution < -0.4 is 10.3 Å². The number of hydrogen-bond donors (Lipinski definition) is 1. The topological polar surface area (TPSA) is 53.7 Å². The Balaban J connectivity index is 1.80. The van der Waals surface area contributed by atoms with Crippen LogP contribution in [0.4, 0.5) is 5.88 Å². The number of halogens is 1. The van der Waals surface area contributed by atoms with Crippen molar-refractivity contribution >= 4 is 28.5 Å². The van der Waals surface area contributed by atoms with E-state index in [1.165, 1.54) is 6.07 Å². The van der Waals surface area contributed by atoms with E-state index >= 15 is 0 Å². The number of rotatable bonds is 1. The fraction of sp³-hybridized carbons (Fsp3) is 0.118. The molecule has 1 aliphatic heterocycles. The van der Waals surface area contributed by atoms with E-state index < -0.39 is 0 Å². The Morgan fingerprint density at radius 2 is 1.91 bits per heavy atom. The molecule has 0 radical (unpaired) electrons. The minimum Gasteiger partial charge on any atom is -0.508 e. The monoisotopic (exact) mass is 313 g/mol. The van der Waals surface area contributed by atoms with Crippen molar-refractivity contribution in [2.45, 2.75) is 13.1 Å². The van der Waals surface area contributed by atoms with Gasteiger partial charge in [-0.3, -0.25) is 4.79 Å². The number of anilines is 1. The molecular weight excluding hydrogens is 302 g/mol. The number of phenolic OH excluding ortho intramolecular Hbond substituents is 1. The zero-order chi connectivity index (χ0) is 15.3. The summed E-state index contributed by atoms with van der Waals surface area (Å²) in [4.78, 5) is 14.2. The first kappa shape index (κ1) is 13.2. The number of aromatic hydroxyl groups is 1. The van der Waals surface area contributed by atoms with Crippen LogP contribution in [0.15, 0.2) is 51.7 Å². The average molecular weight is 314 g/mol. The van der Waals surface area contributed by atoms with E-state index in [4.69, 9.17) is 16.0 Å². The van der Waals surface area contributed by atoms with Gasteiger partial charge in [0.1, 0.15) is 5.75 Å². The zero-order valence-corrected chi connectivity index (χ0v) is 12.3. The molecule has 2 aromatic carbocycles. The summed E-state index contributed by atoms with van der Waals surface area (Å²) < 4.78 is 5.85. The maximum atomic E-state index is 12.3. The van der Waals surface area contributed by atoms with E-state index in [-0.39, 0.29) is 11.2 Å². The summed E-state index contributed by atoms with van der Waals surface area (Å²) in [6.07, 6.45) is 0. The van der Waals surface area contributed by atoms with E-state index in [9.17, 15) is 9.90 Å². The third-order valence-electron chi connectivity index (χ3n) is 3.92. The third kappa shape index (κ3) is 2.04. The van der Waals surface area contributed by atoms with E-state index in [1.807, 2.05) is 11.0 Å². The zero-order valence-electron chi connectivity index (χ0n) is 11.5. The van der Waals surface area contributed by atoms with Crippen molar-refractivity contribution < 1.29 is 9.52 Å². The summed E-state index contributed by atoms with van der Waals surface area (Å²) in [5, 5.41) is 10.5. The van der Waals surface area contributed by atoms with E-state index in [0.717, 1.165) is 11.1 Å². The average Bonchev–Trinajstić information content (AvgIpc) is 2.91. The molecule has 1 aliphatic rings. The fourth-order valence-electron chi connectivity index (χ4n) is 2.82. The maximum Gasteiger partial charge on any atom is 0.200 e. The molecule has 4 nitrogen and oxygen atoms in total. The second kappa shape index (κ2) is 4.78. The van der Waals surface area contributed by atoms with Crippen LogP contribution in [-0.4, -0.2) is 5.11 Å². The molecule has 5 heteroatoms. The molecule has 22 heavy (non-hydrogen) atoms. The summed E-state index contributed by atoms with van der Waals surface area (Å²) in [5.41, 5.74) is 2.43. The molecule has 4 rings (SSSR count). The highest BCUT2D eigenvalue weighted by Gasteiger charge is 2.22. The molecule has 0 spiro atoms. The summed E-state index contributed by atoms with van der Waals surface area (Å²) in [7, 11) is 0. The highest BCUT2D eigenvalue weighted by Crippen LogP contribution is 2.32. The summed E-state index contributed by atoms with van der Waals surface area (Å²) in [6.45, 7) is 1.22. The standard InChI is InChI=1S/C17H12ClNO3/c18-14-3-1-2-13-15(21)7-16(22-17(13)14)19-8-10-4-5-12(20)6-11(10)9-19/h1-7,20H,8-9H2. The lowest BCUT2D eigenvalue weighted by Gasteiger charge is -2.16. The van der Waals surface area contributed by atoms with Gasteiger partial charge < -0.3 is 14.4 Å². The Labute approximate surface area is 131 Å². The molecule has 0 unspecified atom stereocenters. The number of nitrogens with zero attached hydrogens (tertiary/aromatic N) is 1. The Kier molecular flexibility index (Phi) is 2.87. The van der Waals surface area contributed by atoms with Crippen LogP contribution in [0, 0.1) is 0 Å². The molecule has 0 bridgehead atoms. The summed E-state index contributed by atoms with van der Waals surface area (Å²) in [5.74, 6) is 0.727. The Morgan fingerprint density at radius 1 is 1.09 bits per heavy atom. The highest BCUT2D eigenvalue weighted by molar-refractivity contribution is 6.34. The Hall–Kier alpha value is -2.46. The van der Waals surface area contributed by atoms with Crippen molar-refractivity contribution in [3.63, 3.8) is 0 Å². The number of para-hydroxylation sites is 1. The van der Waals surface area contributed by atoms with Crippen molar-refractivity contribution in [3.8, 4) is 5.75 Å². The van der Waals surface area contributed by atoms with Crippen LogP contribution in [-0.2, 0) is 13.1 Å². The molecule has 1 N–H and O–H groups in total. The normalized spacial score (nSPS) is 13.6. The maximum absolute atomic E-state index is 12.3. The Bertz CT molecular complexity index is 948. The van der Waals surface area contributed by atoms with Gasteiger partial charge in [0.25, 0.3) is 0 Å². The van der Waals surface area contributed by atoms with Crippen molar-refractivity contribution in [2.24, 2.45) is 0 Å². The van der Waals surface area contributed by atoms with Gasteiger partial charge in [-0.2, -0.15) is 0 Å². The van der Waals surface area contributed by atoms with Gasteiger partial charge in [0.15, 0.2) is 11.0 Å². The predicted molar refractivity (Wildman–Crippen MR) is 85.5 cm³/mol. The molecule has 0 saturated heterocycles. The molecule has 0 amide bonds. The number of benzene rings is 2. The van der Waals surface area contributed by atoms with Crippen molar-refractivity contribution in [1.29, 1.82) is 0 Å². The minimum absolute atomic E-state index is 0.113. The molecule has 0 fully saturated rings. The van der Waals surface area contributed by atoms with Gasteiger partial charge in [0.05, 0.1) is 10.4 Å². The van der Waals surface area contributed by atoms with Crippen LogP contribution in [0.25, 0.3) is 11.0 Å². The molecule has 110 valence electrons. The van der Waals surface area contributed by atoms with Gasteiger partial charge in [-0.1, -0.05) is 23.7 Å². The van der Waals surface area contributed by atoms with Gasteiger partial charge in [-0.05, 0) is 35.4 Å². The van der Waals surface area contributed by atoms with Gasteiger partial charge in [0.2, 0.25) is 5.88 Å². The first-order chi connectivity index (χ1) is 10.6. The van der Waals surface area contributed by atoms with Crippen LogP contribution >= 0.6 is 11.6 Å². The van der Waals surface area contributed by atoms with Gasteiger partial charge in [-0.15, -0.1) is 0 Å². The van der Waals surface area contributed by atoms with Crippen molar-refractivity contribution in [1.82, 2.24) is 0 Å². The first-order valence-corrected chi connectivity index (χ1v) is 7.28. The molecule has 0 saturated carbocycles. The summed E-state index contributed by atoms with van der Waals surface area (Å²) in [6, 6.07) is 11.9. The lowest BCUT2D eigenvalue weighted by molar-refractivity contribution is 0.474. The van der Waals surface area contributed by atoms with Crippen LogP contribution in [0.1, 0.15) is 11.1 Å². The molecule has 2 heterocycles. The van der Waals surface area contributed by atoms with E-state index in [0.29, 0.717) is 35.0 Å². The van der Waals surface area contributed by atoms with Crippen LogP contribution in [0.2, 0.25) is 5.02 Å². The minimum atomic E-state index is -0.113. The lowest BCUT2D eigenvalue weighted by atomic mass is 10.1. The van der Waals surface area contributed by atoms with Crippen LogP contribution in [0.3, 0.4) is 0 Å². The molecular formula is C17H12ClNO3. The molecule has 0 atom stereocenters. The van der Waals surface area contributed by atoms with E-state index in [1.54, 1.807) is 30.3 Å². The van der Waals surface area contributed by atoms with Gasteiger partial charge in [-0.25, -0.2) is 0 Å². The number of phenols is 1. The van der Waals surface area contributed by atoms with Crippen molar-refractivity contribution in [2.75, 3.05) is 4.90 Å². The second-order valence-electron chi connectivity index (χ2n) is 5.37. The van der Waals surface area contributed by atoms with Gasteiger partial charge in [0, 0.05) is 19.2 Å². The summed E-state index contributed by atoms with van der Waals surface area (Å²) >= 11 is 6.13. The van der Waals surface area contributed by atoms with E-state index in [2.05, 4.69) is 0 Å². The quantitative estimate of drug-likeness (QED) is 0.744. The molecule has 0 aliphatic carbocycles. The van der Waals surface area contributed by atoms with Crippen LogP contribution in [0.5, 0.6) is 5.75 Å². The first-order valence-electron chi connectivity index (χ1n) is 6.90. The van der Waals surface area contributed by atoms with Gasteiger partial charge >= 0.3 is 0 Å².